The number of hydrogen-bond acceptors (Lipinski definition) is 3. The maximum atomic E-state index is 13.6. The molecule has 0 aliphatic carbocycles. The number of carbonyl (C=O) groups excluding carboxylic acids is 2. The first kappa shape index (κ1) is 22.1. The quantitative estimate of drug-likeness (QED) is 0.796. The average molecular weight is 427 g/mol. The summed E-state index contributed by atoms with van der Waals surface area (Å²) in [5.41, 5.74) is 1.74. The Balaban J connectivity index is 1.48. The van der Waals surface area contributed by atoms with Gasteiger partial charge in [-0.2, -0.15) is 0 Å². The van der Waals surface area contributed by atoms with Crippen LogP contribution in [0.5, 0.6) is 0 Å². The Bertz CT molecular complexity index is 813. The van der Waals surface area contributed by atoms with Crippen LogP contribution in [0.2, 0.25) is 0 Å². The molecule has 3 saturated heterocycles. The number of anilines is 1. The largest absolute Gasteiger partial charge is 0.342 e. The van der Waals surface area contributed by atoms with E-state index in [1.165, 1.54) is 5.56 Å². The second-order valence-electron chi connectivity index (χ2n) is 10.3. The molecule has 0 bridgehead atoms. The van der Waals surface area contributed by atoms with Crippen LogP contribution >= 0.6 is 0 Å². The predicted octanol–water partition coefficient (Wildman–Crippen LogP) is 3.82. The molecule has 6 heteroatoms. The topological polar surface area (TPSA) is 55.9 Å². The van der Waals surface area contributed by atoms with Gasteiger partial charge in [0.1, 0.15) is 0 Å². The third-order valence-electron chi connectivity index (χ3n) is 7.86. The van der Waals surface area contributed by atoms with Crippen LogP contribution in [0.4, 0.5) is 10.5 Å². The first-order chi connectivity index (χ1) is 14.8. The average Bonchev–Trinajstić information content (AvgIpc) is 3.21. The molecule has 1 aromatic rings. The number of piperidine rings is 1. The lowest BCUT2D eigenvalue weighted by atomic mass is 9.60. The molecule has 0 saturated carbocycles. The van der Waals surface area contributed by atoms with Gasteiger partial charge in [-0.15, -0.1) is 0 Å². The molecule has 6 nitrogen and oxygen atoms in total. The minimum Gasteiger partial charge on any atom is -0.342 e. The molecule has 31 heavy (non-hydrogen) atoms. The Labute approximate surface area is 187 Å². The van der Waals surface area contributed by atoms with E-state index in [2.05, 4.69) is 35.9 Å². The lowest BCUT2D eigenvalue weighted by molar-refractivity contribution is -0.141. The van der Waals surface area contributed by atoms with Crippen molar-refractivity contribution in [3.8, 4) is 0 Å². The van der Waals surface area contributed by atoms with Gasteiger partial charge in [0.05, 0.1) is 5.41 Å². The maximum absolute atomic E-state index is 13.6. The number of fused-ring (bicyclic) bond motifs is 1. The molecule has 3 fully saturated rings. The van der Waals surface area contributed by atoms with Crippen molar-refractivity contribution in [1.82, 2.24) is 14.7 Å². The van der Waals surface area contributed by atoms with E-state index in [1.54, 1.807) is 0 Å². The number of aryl methyl sites for hydroxylation is 1. The number of likely N-dealkylation sites (tertiary alicyclic amines) is 3. The van der Waals surface area contributed by atoms with Crippen LogP contribution in [0.1, 0.15) is 45.6 Å². The van der Waals surface area contributed by atoms with E-state index >= 15 is 0 Å². The molecule has 1 aromatic carbocycles. The fourth-order valence-electron chi connectivity index (χ4n) is 6.22. The summed E-state index contributed by atoms with van der Waals surface area (Å²) in [5.74, 6) is 0.949. The summed E-state index contributed by atoms with van der Waals surface area (Å²) in [6, 6.07) is 7.89. The van der Waals surface area contributed by atoms with Crippen molar-refractivity contribution >= 4 is 17.6 Å². The molecule has 1 N–H and O–H groups in total. The standard InChI is InChI=1S/C25H38N4O2/c1-5-28-15-12-25(22(28)30)18-27(16-19(2)3)17-24(25)10-13-29(14-11-24)23(31)26-21-8-6-20(4)7-9-21/h6-9,19H,5,10-18H2,1-4H3,(H,26,31)/t25-/m0/s1. The lowest BCUT2D eigenvalue weighted by Gasteiger charge is -2.47. The number of benzene rings is 1. The lowest BCUT2D eigenvalue weighted by Crippen LogP contribution is -2.54. The van der Waals surface area contributed by atoms with Crippen molar-refractivity contribution in [3.63, 3.8) is 0 Å². The van der Waals surface area contributed by atoms with E-state index in [9.17, 15) is 9.59 Å². The molecule has 3 amide bonds. The van der Waals surface area contributed by atoms with Gasteiger partial charge in [-0.3, -0.25) is 4.79 Å². The Kier molecular flexibility index (Phi) is 6.03. The zero-order valence-corrected chi connectivity index (χ0v) is 19.6. The number of carbonyl (C=O) groups is 2. The fourth-order valence-corrected chi connectivity index (χ4v) is 6.22. The minimum atomic E-state index is -0.266. The van der Waals surface area contributed by atoms with Crippen LogP contribution in [0, 0.1) is 23.7 Å². The van der Waals surface area contributed by atoms with Gasteiger partial charge >= 0.3 is 6.03 Å². The molecule has 1 atom stereocenters. The van der Waals surface area contributed by atoms with Crippen LogP contribution < -0.4 is 5.32 Å². The van der Waals surface area contributed by atoms with E-state index in [4.69, 9.17) is 0 Å². The Hall–Kier alpha value is -2.08. The van der Waals surface area contributed by atoms with Gasteiger partial charge in [0.2, 0.25) is 5.91 Å². The monoisotopic (exact) mass is 426 g/mol. The van der Waals surface area contributed by atoms with Gasteiger partial charge in [0.15, 0.2) is 0 Å². The number of nitrogens with one attached hydrogen (secondary N) is 1. The number of nitrogens with zero attached hydrogens (tertiary/aromatic N) is 3. The zero-order chi connectivity index (χ0) is 22.2. The molecule has 3 heterocycles. The van der Waals surface area contributed by atoms with Crippen LogP contribution in [0.25, 0.3) is 0 Å². The molecule has 0 radical (unpaired) electrons. The van der Waals surface area contributed by atoms with E-state index in [-0.39, 0.29) is 16.9 Å². The summed E-state index contributed by atoms with van der Waals surface area (Å²) in [5, 5.41) is 3.04. The van der Waals surface area contributed by atoms with Crippen LogP contribution in [0.15, 0.2) is 24.3 Å². The van der Waals surface area contributed by atoms with Crippen molar-refractivity contribution in [1.29, 1.82) is 0 Å². The second-order valence-corrected chi connectivity index (χ2v) is 10.3. The van der Waals surface area contributed by atoms with Gasteiger partial charge < -0.3 is 20.0 Å². The molecule has 0 aromatic heterocycles. The van der Waals surface area contributed by atoms with Crippen molar-refractivity contribution in [2.24, 2.45) is 16.7 Å². The van der Waals surface area contributed by atoms with Gasteiger partial charge in [-0.25, -0.2) is 4.79 Å². The number of amides is 3. The molecular formula is C25H38N4O2. The third-order valence-corrected chi connectivity index (χ3v) is 7.86. The van der Waals surface area contributed by atoms with Crippen molar-refractivity contribution in [3.05, 3.63) is 29.8 Å². The highest BCUT2D eigenvalue weighted by Crippen LogP contribution is 2.57. The van der Waals surface area contributed by atoms with Gasteiger partial charge in [-0.05, 0) is 51.2 Å². The van der Waals surface area contributed by atoms with Crippen molar-refractivity contribution in [2.75, 3.05) is 51.1 Å². The summed E-state index contributed by atoms with van der Waals surface area (Å²) in [7, 11) is 0. The minimum absolute atomic E-state index is 0.0104. The van der Waals surface area contributed by atoms with Crippen molar-refractivity contribution < 1.29 is 9.59 Å². The van der Waals surface area contributed by atoms with E-state index in [0.29, 0.717) is 24.9 Å². The van der Waals surface area contributed by atoms with Crippen LogP contribution in [0.3, 0.4) is 0 Å². The summed E-state index contributed by atoms with van der Waals surface area (Å²) < 4.78 is 0. The smallest absolute Gasteiger partial charge is 0.321 e. The number of urea groups is 1. The Morgan fingerprint density at radius 1 is 1.06 bits per heavy atom. The van der Waals surface area contributed by atoms with Crippen LogP contribution in [-0.4, -0.2) is 72.5 Å². The van der Waals surface area contributed by atoms with Gasteiger partial charge in [-0.1, -0.05) is 31.5 Å². The summed E-state index contributed by atoms with van der Waals surface area (Å²) in [6.07, 6.45) is 2.78. The number of hydrogen-bond donors (Lipinski definition) is 1. The SMILES string of the molecule is CCN1CC[C@]2(CN(CC(C)C)CC23CCN(C(=O)Nc2ccc(C)cc2)CC3)C1=O. The zero-order valence-electron chi connectivity index (χ0n) is 19.6. The maximum Gasteiger partial charge on any atom is 0.321 e. The Morgan fingerprint density at radius 2 is 1.74 bits per heavy atom. The van der Waals surface area contributed by atoms with Crippen molar-refractivity contribution in [2.45, 2.75) is 47.0 Å². The molecule has 170 valence electrons. The molecule has 3 aliphatic heterocycles. The molecular weight excluding hydrogens is 388 g/mol. The van der Waals surface area contributed by atoms with E-state index in [0.717, 1.165) is 57.7 Å². The molecule has 4 rings (SSSR count). The van der Waals surface area contributed by atoms with E-state index < -0.39 is 0 Å². The normalized spacial score (nSPS) is 25.9. The summed E-state index contributed by atoms with van der Waals surface area (Å²) in [6.45, 7) is 14.7. The first-order valence-corrected chi connectivity index (χ1v) is 11.9. The third kappa shape index (κ3) is 3.95. The highest BCUT2D eigenvalue weighted by Gasteiger charge is 2.64. The highest BCUT2D eigenvalue weighted by atomic mass is 16.2. The first-order valence-electron chi connectivity index (χ1n) is 11.9. The van der Waals surface area contributed by atoms with Crippen LogP contribution in [-0.2, 0) is 4.79 Å². The fraction of sp³-hybridized carbons (Fsp3) is 0.680. The highest BCUT2D eigenvalue weighted by molar-refractivity contribution is 5.90. The second kappa shape index (κ2) is 8.45. The summed E-state index contributed by atoms with van der Waals surface area (Å²) >= 11 is 0. The number of rotatable bonds is 4. The van der Waals surface area contributed by atoms with Gasteiger partial charge in [0, 0.05) is 56.9 Å². The molecule has 2 spiro atoms. The molecule has 3 aliphatic rings. The van der Waals surface area contributed by atoms with E-state index in [1.807, 2.05) is 36.1 Å². The predicted molar refractivity (Wildman–Crippen MR) is 124 cm³/mol. The summed E-state index contributed by atoms with van der Waals surface area (Å²) in [4.78, 5) is 32.9. The molecule has 0 unspecified atom stereocenters. The Morgan fingerprint density at radius 3 is 2.32 bits per heavy atom. The van der Waals surface area contributed by atoms with Gasteiger partial charge in [0.25, 0.3) is 0 Å².